The minimum absolute atomic E-state index is 0.247. The molecule has 0 spiro atoms. The lowest BCUT2D eigenvalue weighted by Crippen LogP contribution is -2.19. The van der Waals surface area contributed by atoms with Crippen molar-refractivity contribution >= 4 is 11.7 Å². The third kappa shape index (κ3) is 3.56. The largest absolute Gasteiger partial charge is 0.306 e. The molecule has 3 rings (SSSR count). The molecule has 0 aliphatic heterocycles. The summed E-state index contributed by atoms with van der Waals surface area (Å²) in [6.45, 7) is 7.69. The van der Waals surface area contributed by atoms with Crippen LogP contribution in [0.15, 0.2) is 35.1 Å². The third-order valence-corrected chi connectivity index (χ3v) is 4.19. The van der Waals surface area contributed by atoms with Gasteiger partial charge in [0.25, 0.3) is 11.5 Å². The number of rotatable bonds is 4. The van der Waals surface area contributed by atoms with E-state index in [2.05, 4.69) is 20.4 Å². The van der Waals surface area contributed by atoms with Gasteiger partial charge in [0.2, 0.25) is 5.95 Å². The van der Waals surface area contributed by atoms with Crippen LogP contribution in [-0.4, -0.2) is 25.7 Å². The maximum absolute atomic E-state index is 12.6. The highest BCUT2D eigenvalue weighted by Crippen LogP contribution is 2.16. The van der Waals surface area contributed by atoms with Crippen LogP contribution in [0.3, 0.4) is 0 Å². The van der Waals surface area contributed by atoms with Crippen molar-refractivity contribution in [1.29, 1.82) is 0 Å². The first kappa shape index (κ1) is 17.6. The van der Waals surface area contributed by atoms with Crippen LogP contribution in [0.2, 0.25) is 0 Å². The SMILES string of the molecule is CCc1cc(=O)[nH]c(-n2nc(C)cc2NC(=O)c2ccc(C)c(C)c2)n1. The van der Waals surface area contributed by atoms with Gasteiger partial charge in [-0.25, -0.2) is 4.98 Å². The number of carbonyl (C=O) groups is 1. The molecule has 0 aliphatic rings. The number of nitrogens with one attached hydrogen (secondary N) is 2. The number of hydrogen-bond acceptors (Lipinski definition) is 4. The van der Waals surface area contributed by atoms with Crippen LogP contribution in [0.5, 0.6) is 0 Å². The molecule has 26 heavy (non-hydrogen) atoms. The van der Waals surface area contributed by atoms with Crippen molar-refractivity contribution in [1.82, 2.24) is 19.7 Å². The number of amides is 1. The Hall–Kier alpha value is -3.22. The van der Waals surface area contributed by atoms with Gasteiger partial charge in [0.05, 0.1) is 5.69 Å². The molecular formula is C19H21N5O2. The quantitative estimate of drug-likeness (QED) is 0.756. The first-order chi connectivity index (χ1) is 12.4. The molecule has 0 unspecified atom stereocenters. The van der Waals surface area contributed by atoms with E-state index >= 15 is 0 Å². The number of aromatic nitrogens is 4. The lowest BCUT2D eigenvalue weighted by Gasteiger charge is -2.09. The zero-order valence-electron chi connectivity index (χ0n) is 15.3. The lowest BCUT2D eigenvalue weighted by molar-refractivity contribution is 0.102. The van der Waals surface area contributed by atoms with E-state index in [9.17, 15) is 9.59 Å². The van der Waals surface area contributed by atoms with Crippen LogP contribution < -0.4 is 10.9 Å². The molecule has 7 heteroatoms. The van der Waals surface area contributed by atoms with Crippen LogP contribution in [0.4, 0.5) is 5.82 Å². The van der Waals surface area contributed by atoms with E-state index in [1.54, 1.807) is 12.1 Å². The van der Waals surface area contributed by atoms with Gasteiger partial charge >= 0.3 is 0 Å². The fourth-order valence-electron chi connectivity index (χ4n) is 2.60. The van der Waals surface area contributed by atoms with Gasteiger partial charge in [0.15, 0.2) is 0 Å². The summed E-state index contributed by atoms with van der Waals surface area (Å²) in [6, 6.07) is 8.72. The topological polar surface area (TPSA) is 92.7 Å². The van der Waals surface area contributed by atoms with E-state index in [4.69, 9.17) is 0 Å². The molecule has 0 atom stereocenters. The van der Waals surface area contributed by atoms with Gasteiger partial charge in [-0.3, -0.25) is 14.6 Å². The molecule has 0 saturated heterocycles. The molecule has 0 fully saturated rings. The van der Waals surface area contributed by atoms with E-state index in [0.717, 1.165) is 11.1 Å². The highest BCUT2D eigenvalue weighted by Gasteiger charge is 2.15. The molecule has 2 heterocycles. The fourth-order valence-corrected chi connectivity index (χ4v) is 2.60. The predicted octanol–water partition coefficient (Wildman–Crippen LogP) is 2.70. The zero-order valence-corrected chi connectivity index (χ0v) is 15.3. The van der Waals surface area contributed by atoms with Crippen LogP contribution in [-0.2, 0) is 6.42 Å². The molecule has 3 aromatic rings. The molecule has 1 aromatic carbocycles. The van der Waals surface area contributed by atoms with Gasteiger partial charge in [-0.2, -0.15) is 9.78 Å². The van der Waals surface area contributed by atoms with E-state index < -0.39 is 0 Å². The average molecular weight is 351 g/mol. The van der Waals surface area contributed by atoms with Gasteiger partial charge in [-0.15, -0.1) is 0 Å². The number of H-pyrrole nitrogens is 1. The van der Waals surface area contributed by atoms with Gasteiger partial charge in [-0.1, -0.05) is 13.0 Å². The van der Waals surface area contributed by atoms with Crippen molar-refractivity contribution in [2.24, 2.45) is 0 Å². The summed E-state index contributed by atoms with van der Waals surface area (Å²) in [5.74, 6) is 0.475. The number of aromatic amines is 1. The maximum atomic E-state index is 12.6. The molecule has 0 radical (unpaired) electrons. The first-order valence-electron chi connectivity index (χ1n) is 8.43. The summed E-state index contributed by atoms with van der Waals surface area (Å²) in [5.41, 5.74) is 3.83. The Balaban J connectivity index is 1.97. The molecule has 0 bridgehead atoms. The predicted molar refractivity (Wildman–Crippen MR) is 100.0 cm³/mol. The van der Waals surface area contributed by atoms with Gasteiger partial charge in [0.1, 0.15) is 5.82 Å². The minimum Gasteiger partial charge on any atom is -0.306 e. The Kier molecular flexibility index (Phi) is 4.71. The Morgan fingerprint density at radius 1 is 1.15 bits per heavy atom. The second-order valence-corrected chi connectivity index (χ2v) is 6.25. The Labute approximate surface area is 151 Å². The smallest absolute Gasteiger partial charge is 0.256 e. The molecule has 134 valence electrons. The van der Waals surface area contributed by atoms with E-state index in [-0.39, 0.29) is 17.4 Å². The Morgan fingerprint density at radius 3 is 2.62 bits per heavy atom. The number of benzene rings is 1. The summed E-state index contributed by atoms with van der Waals surface area (Å²) < 4.78 is 1.44. The highest BCUT2D eigenvalue weighted by molar-refractivity contribution is 6.04. The van der Waals surface area contributed by atoms with Gasteiger partial charge < -0.3 is 5.32 Å². The summed E-state index contributed by atoms with van der Waals surface area (Å²) in [6.07, 6.45) is 0.626. The van der Waals surface area contributed by atoms with Crippen molar-refractivity contribution in [2.75, 3.05) is 5.32 Å². The number of nitrogens with zero attached hydrogens (tertiary/aromatic N) is 3. The normalized spacial score (nSPS) is 10.8. The Morgan fingerprint density at radius 2 is 1.92 bits per heavy atom. The van der Waals surface area contributed by atoms with Crippen molar-refractivity contribution in [3.05, 3.63) is 68.8 Å². The van der Waals surface area contributed by atoms with Crippen LogP contribution in [0.25, 0.3) is 5.95 Å². The van der Waals surface area contributed by atoms with Crippen LogP contribution in [0, 0.1) is 20.8 Å². The second kappa shape index (κ2) is 6.95. The van der Waals surface area contributed by atoms with E-state index in [0.29, 0.717) is 29.2 Å². The van der Waals surface area contributed by atoms with Gasteiger partial charge in [0, 0.05) is 23.4 Å². The van der Waals surface area contributed by atoms with Gasteiger partial charge in [-0.05, 0) is 50.5 Å². The molecule has 0 aliphatic carbocycles. The molecule has 7 nitrogen and oxygen atoms in total. The maximum Gasteiger partial charge on any atom is 0.256 e. The van der Waals surface area contributed by atoms with Crippen molar-refractivity contribution in [3.63, 3.8) is 0 Å². The molecule has 1 amide bonds. The van der Waals surface area contributed by atoms with E-state index in [1.165, 1.54) is 10.7 Å². The minimum atomic E-state index is -0.258. The van der Waals surface area contributed by atoms with E-state index in [1.807, 2.05) is 39.8 Å². The highest BCUT2D eigenvalue weighted by atomic mass is 16.1. The number of hydrogen-bond donors (Lipinski definition) is 2. The standard InChI is InChI=1S/C19H21N5O2/c1-5-15-10-17(25)22-19(20-15)24-16(9-13(4)23-24)21-18(26)14-7-6-11(2)12(3)8-14/h6-10H,5H2,1-4H3,(H,21,26)(H,20,22,25). The fraction of sp³-hybridized carbons (Fsp3) is 0.263. The Bertz CT molecular complexity index is 1030. The zero-order chi connectivity index (χ0) is 18.8. The average Bonchev–Trinajstić information content (AvgIpc) is 2.97. The van der Waals surface area contributed by atoms with Crippen molar-refractivity contribution < 1.29 is 4.79 Å². The number of anilines is 1. The summed E-state index contributed by atoms with van der Waals surface area (Å²) in [5, 5.41) is 7.19. The summed E-state index contributed by atoms with van der Waals surface area (Å²) in [4.78, 5) is 31.5. The lowest BCUT2D eigenvalue weighted by atomic mass is 10.1. The van der Waals surface area contributed by atoms with Crippen LogP contribution in [0.1, 0.15) is 39.8 Å². The number of aryl methyl sites for hydroxylation is 4. The third-order valence-electron chi connectivity index (χ3n) is 4.19. The first-order valence-corrected chi connectivity index (χ1v) is 8.43. The summed E-state index contributed by atoms with van der Waals surface area (Å²) >= 11 is 0. The monoisotopic (exact) mass is 351 g/mol. The number of carbonyl (C=O) groups excluding carboxylic acids is 1. The molecule has 0 saturated carbocycles. The van der Waals surface area contributed by atoms with Crippen LogP contribution >= 0.6 is 0 Å². The van der Waals surface area contributed by atoms with Crippen molar-refractivity contribution in [3.8, 4) is 5.95 Å². The molecule has 2 aromatic heterocycles. The summed E-state index contributed by atoms with van der Waals surface area (Å²) in [7, 11) is 0. The molecule has 2 N–H and O–H groups in total. The van der Waals surface area contributed by atoms with Crippen molar-refractivity contribution in [2.45, 2.75) is 34.1 Å². The second-order valence-electron chi connectivity index (χ2n) is 6.25. The molecular weight excluding hydrogens is 330 g/mol.